The van der Waals surface area contributed by atoms with Gasteiger partial charge >= 0.3 is 0 Å². The maximum Gasteiger partial charge on any atom is 0.234 e. The number of carbonyl (C=O) groups excluding carboxylic acids is 1. The smallest absolute Gasteiger partial charge is 0.234 e. The molecule has 1 amide bonds. The number of benzene rings is 2. The van der Waals surface area contributed by atoms with Gasteiger partial charge in [0.05, 0.1) is 5.92 Å². The van der Waals surface area contributed by atoms with Crippen molar-refractivity contribution in [3.63, 3.8) is 0 Å². The number of carbonyl (C=O) groups is 1. The van der Waals surface area contributed by atoms with Gasteiger partial charge in [-0.3, -0.25) is 4.79 Å². The van der Waals surface area contributed by atoms with Crippen LogP contribution >= 0.6 is 11.8 Å². The van der Waals surface area contributed by atoms with E-state index in [0.29, 0.717) is 0 Å². The summed E-state index contributed by atoms with van der Waals surface area (Å²) in [4.78, 5) is 17.5. The summed E-state index contributed by atoms with van der Waals surface area (Å²) >= 11 is 1.78. The Bertz CT molecular complexity index is 646. The molecule has 106 valence electrons. The van der Waals surface area contributed by atoms with Crippen LogP contribution < -0.4 is 0 Å². The first-order valence-corrected chi connectivity index (χ1v) is 8.31. The summed E-state index contributed by atoms with van der Waals surface area (Å²) in [6, 6.07) is 16.7. The molecule has 1 saturated heterocycles. The standard InChI is InChI=1S/C18H17NOS/c20-18(19-11-5-6-12-19)17-13-7-1-3-9-15(13)21-16-10-4-2-8-14(16)17/h1-4,7-10,17H,5-6,11-12H2. The van der Waals surface area contributed by atoms with Gasteiger partial charge in [-0.15, -0.1) is 0 Å². The van der Waals surface area contributed by atoms with E-state index in [9.17, 15) is 4.79 Å². The van der Waals surface area contributed by atoms with Gasteiger partial charge in [-0.1, -0.05) is 48.2 Å². The predicted molar refractivity (Wildman–Crippen MR) is 84.7 cm³/mol. The van der Waals surface area contributed by atoms with Gasteiger partial charge < -0.3 is 4.90 Å². The largest absolute Gasteiger partial charge is 0.342 e. The second-order valence-corrected chi connectivity index (χ2v) is 6.73. The van der Waals surface area contributed by atoms with Crippen LogP contribution in [0, 0.1) is 0 Å². The van der Waals surface area contributed by atoms with Crippen molar-refractivity contribution in [3.05, 3.63) is 59.7 Å². The Morgan fingerprint density at radius 2 is 1.43 bits per heavy atom. The van der Waals surface area contributed by atoms with Gasteiger partial charge in [0.1, 0.15) is 0 Å². The fraction of sp³-hybridized carbons (Fsp3) is 0.278. The van der Waals surface area contributed by atoms with Crippen LogP contribution in [0.1, 0.15) is 29.9 Å². The van der Waals surface area contributed by atoms with Crippen LogP contribution in [0.4, 0.5) is 0 Å². The Labute approximate surface area is 129 Å². The predicted octanol–water partition coefficient (Wildman–Crippen LogP) is 3.91. The van der Waals surface area contributed by atoms with Crippen molar-refractivity contribution in [1.29, 1.82) is 0 Å². The van der Waals surface area contributed by atoms with Gasteiger partial charge in [0.15, 0.2) is 0 Å². The van der Waals surface area contributed by atoms with Crippen LogP contribution in [0.25, 0.3) is 0 Å². The van der Waals surface area contributed by atoms with Crippen LogP contribution in [-0.4, -0.2) is 23.9 Å². The first kappa shape index (κ1) is 13.0. The van der Waals surface area contributed by atoms with Gasteiger partial charge in [0, 0.05) is 22.9 Å². The lowest BCUT2D eigenvalue weighted by Crippen LogP contribution is -2.34. The van der Waals surface area contributed by atoms with Crippen molar-refractivity contribution in [2.45, 2.75) is 28.6 Å². The summed E-state index contributed by atoms with van der Waals surface area (Å²) in [5.74, 6) is 0.143. The fourth-order valence-electron chi connectivity index (χ4n) is 3.30. The van der Waals surface area contributed by atoms with E-state index in [0.717, 1.165) is 37.1 Å². The van der Waals surface area contributed by atoms with Gasteiger partial charge in [-0.25, -0.2) is 0 Å². The number of hydrogen-bond acceptors (Lipinski definition) is 2. The molecule has 1 fully saturated rings. The lowest BCUT2D eigenvalue weighted by atomic mass is 9.89. The maximum absolute atomic E-state index is 13.0. The minimum absolute atomic E-state index is 0.128. The topological polar surface area (TPSA) is 20.3 Å². The zero-order chi connectivity index (χ0) is 14.2. The van der Waals surface area contributed by atoms with Crippen molar-refractivity contribution < 1.29 is 4.79 Å². The van der Waals surface area contributed by atoms with Crippen molar-refractivity contribution in [2.75, 3.05) is 13.1 Å². The maximum atomic E-state index is 13.0. The van der Waals surface area contributed by atoms with E-state index in [1.54, 1.807) is 11.8 Å². The molecule has 2 aliphatic heterocycles. The Morgan fingerprint density at radius 1 is 0.905 bits per heavy atom. The Kier molecular flexibility index (Phi) is 3.23. The number of fused-ring (bicyclic) bond motifs is 2. The van der Waals surface area contributed by atoms with Gasteiger partial charge in [-0.2, -0.15) is 0 Å². The molecule has 2 aromatic carbocycles. The molecule has 0 unspecified atom stereocenters. The summed E-state index contributed by atoms with van der Waals surface area (Å²) in [5.41, 5.74) is 2.33. The van der Waals surface area contributed by atoms with Crippen LogP contribution in [0.15, 0.2) is 58.3 Å². The second-order valence-electron chi connectivity index (χ2n) is 5.64. The van der Waals surface area contributed by atoms with Gasteiger partial charge in [0.2, 0.25) is 5.91 Å². The molecule has 0 bridgehead atoms. The quantitative estimate of drug-likeness (QED) is 0.795. The van der Waals surface area contributed by atoms with Crippen LogP contribution in [0.2, 0.25) is 0 Å². The third-order valence-electron chi connectivity index (χ3n) is 4.34. The van der Waals surface area contributed by atoms with Gasteiger partial charge in [0.25, 0.3) is 0 Å². The highest BCUT2D eigenvalue weighted by Gasteiger charge is 2.34. The molecule has 3 heteroatoms. The molecule has 0 aromatic heterocycles. The molecule has 21 heavy (non-hydrogen) atoms. The lowest BCUT2D eigenvalue weighted by Gasteiger charge is -2.30. The fourth-order valence-corrected chi connectivity index (χ4v) is 4.43. The zero-order valence-electron chi connectivity index (χ0n) is 11.8. The van der Waals surface area contributed by atoms with E-state index in [2.05, 4.69) is 36.4 Å². The lowest BCUT2D eigenvalue weighted by molar-refractivity contribution is -0.130. The molecular formula is C18H17NOS. The molecule has 0 radical (unpaired) electrons. The van der Waals surface area contributed by atoms with Crippen molar-refractivity contribution in [1.82, 2.24) is 4.90 Å². The second kappa shape index (κ2) is 5.23. The van der Waals surface area contributed by atoms with Crippen LogP contribution in [0.3, 0.4) is 0 Å². The van der Waals surface area contributed by atoms with Crippen molar-refractivity contribution in [3.8, 4) is 0 Å². The molecule has 2 aromatic rings. The minimum atomic E-state index is -0.128. The molecule has 2 aliphatic rings. The summed E-state index contributed by atoms with van der Waals surface area (Å²) in [5, 5.41) is 0. The minimum Gasteiger partial charge on any atom is -0.342 e. The van der Waals surface area contributed by atoms with Crippen molar-refractivity contribution >= 4 is 17.7 Å². The Balaban J connectivity index is 1.83. The molecule has 0 saturated carbocycles. The van der Waals surface area contributed by atoms with E-state index in [-0.39, 0.29) is 11.8 Å². The van der Waals surface area contributed by atoms with Crippen LogP contribution in [-0.2, 0) is 4.79 Å². The van der Waals surface area contributed by atoms with E-state index in [1.165, 1.54) is 9.79 Å². The highest BCUT2D eigenvalue weighted by molar-refractivity contribution is 7.99. The Morgan fingerprint density at radius 3 is 2.00 bits per heavy atom. The Hall–Kier alpha value is -1.74. The molecule has 0 atom stereocenters. The molecule has 2 heterocycles. The first-order valence-electron chi connectivity index (χ1n) is 7.49. The van der Waals surface area contributed by atoms with E-state index in [1.807, 2.05) is 17.0 Å². The van der Waals surface area contributed by atoms with E-state index < -0.39 is 0 Å². The number of likely N-dealkylation sites (tertiary alicyclic amines) is 1. The number of nitrogens with zero attached hydrogens (tertiary/aromatic N) is 1. The normalized spacial score (nSPS) is 17.4. The van der Waals surface area contributed by atoms with E-state index in [4.69, 9.17) is 0 Å². The SMILES string of the molecule is O=C(C1c2ccccc2Sc2ccccc21)N1CCCC1. The highest BCUT2D eigenvalue weighted by atomic mass is 32.2. The number of amides is 1. The average molecular weight is 295 g/mol. The summed E-state index contributed by atoms with van der Waals surface area (Å²) < 4.78 is 0. The average Bonchev–Trinajstić information content (AvgIpc) is 3.06. The molecule has 0 spiro atoms. The number of rotatable bonds is 1. The highest BCUT2D eigenvalue weighted by Crippen LogP contribution is 2.46. The number of hydrogen-bond donors (Lipinski definition) is 0. The molecule has 2 nitrogen and oxygen atoms in total. The third kappa shape index (κ3) is 2.16. The molecule has 0 aliphatic carbocycles. The molecule has 0 N–H and O–H groups in total. The van der Waals surface area contributed by atoms with Gasteiger partial charge in [-0.05, 0) is 36.1 Å². The molecular weight excluding hydrogens is 278 g/mol. The third-order valence-corrected chi connectivity index (χ3v) is 5.53. The van der Waals surface area contributed by atoms with E-state index >= 15 is 0 Å². The summed E-state index contributed by atoms with van der Waals surface area (Å²) in [7, 11) is 0. The van der Waals surface area contributed by atoms with Crippen molar-refractivity contribution in [2.24, 2.45) is 0 Å². The first-order chi connectivity index (χ1) is 10.3. The summed E-state index contributed by atoms with van der Waals surface area (Å²) in [6.07, 6.45) is 2.27. The molecule has 4 rings (SSSR count). The monoisotopic (exact) mass is 295 g/mol. The zero-order valence-corrected chi connectivity index (χ0v) is 12.6. The summed E-state index contributed by atoms with van der Waals surface area (Å²) in [6.45, 7) is 1.82. The van der Waals surface area contributed by atoms with Crippen LogP contribution in [0.5, 0.6) is 0 Å².